The van der Waals surface area contributed by atoms with E-state index in [0.29, 0.717) is 11.4 Å². The van der Waals surface area contributed by atoms with Crippen molar-refractivity contribution in [2.45, 2.75) is 50.1 Å². The second-order valence-corrected chi connectivity index (χ2v) is 9.69. The van der Waals surface area contributed by atoms with Gasteiger partial charge in [0.05, 0.1) is 23.4 Å². The smallest absolute Gasteiger partial charge is 0.257 e. The Morgan fingerprint density at radius 1 is 1.16 bits per heavy atom. The second-order valence-electron chi connectivity index (χ2n) is 7.69. The molecule has 2 atom stereocenters. The highest BCUT2D eigenvalue weighted by Crippen LogP contribution is 2.28. The molecule has 2 aromatic rings. The summed E-state index contributed by atoms with van der Waals surface area (Å²) in [5.41, 5.74) is 0.976. The maximum absolute atomic E-state index is 13.2. The van der Waals surface area contributed by atoms with Gasteiger partial charge in [-0.05, 0) is 55.3 Å². The first-order valence-electron chi connectivity index (χ1n) is 10.1. The summed E-state index contributed by atoms with van der Waals surface area (Å²) in [5, 5.41) is 5.66. The van der Waals surface area contributed by atoms with E-state index in [0.717, 1.165) is 10.5 Å². The molecule has 1 saturated heterocycles. The van der Waals surface area contributed by atoms with Crippen LogP contribution in [0.1, 0.15) is 32.3 Å². The molecular formula is C22H24ClN3O5S. The zero-order chi connectivity index (χ0) is 23.6. The Balaban J connectivity index is 1.86. The Morgan fingerprint density at radius 3 is 2.28 bits per heavy atom. The summed E-state index contributed by atoms with van der Waals surface area (Å²) in [6, 6.07) is 10.8. The molecule has 1 aliphatic heterocycles. The van der Waals surface area contributed by atoms with Gasteiger partial charge < -0.3 is 4.90 Å². The number of imide groups is 1. The van der Waals surface area contributed by atoms with Gasteiger partial charge in [0.15, 0.2) is 0 Å². The lowest BCUT2D eigenvalue weighted by atomic mass is 10.1. The molecule has 2 unspecified atom stereocenters. The minimum atomic E-state index is -3.90. The molecule has 1 heterocycles. The third-order valence-corrected chi connectivity index (χ3v) is 6.69. The van der Waals surface area contributed by atoms with Crippen LogP contribution in [0, 0.1) is 0 Å². The third kappa shape index (κ3) is 5.01. The maximum Gasteiger partial charge on any atom is 0.257 e. The van der Waals surface area contributed by atoms with Crippen LogP contribution in [-0.2, 0) is 30.8 Å². The van der Waals surface area contributed by atoms with Crippen LogP contribution in [0.5, 0.6) is 0 Å². The first-order valence-corrected chi connectivity index (χ1v) is 12.0. The van der Waals surface area contributed by atoms with Crippen molar-refractivity contribution in [1.82, 2.24) is 4.90 Å². The van der Waals surface area contributed by atoms with Gasteiger partial charge in [-0.2, -0.15) is 0 Å². The van der Waals surface area contributed by atoms with Crippen molar-refractivity contribution in [1.29, 1.82) is 0 Å². The van der Waals surface area contributed by atoms with Gasteiger partial charge in [-0.25, -0.2) is 18.5 Å². The Kier molecular flexibility index (Phi) is 7.02. The number of primary sulfonamides is 1. The lowest BCUT2D eigenvalue weighted by Gasteiger charge is -2.33. The number of halogens is 1. The van der Waals surface area contributed by atoms with Crippen LogP contribution in [0.25, 0.3) is 0 Å². The topological polar surface area (TPSA) is 118 Å². The number of nitrogens with zero attached hydrogens (tertiary/aromatic N) is 2. The standard InChI is InChI=1S/C22H24ClN3O5S/c1-3-14(2)25(20(27)12-15-4-6-16(23)7-5-15)19-13-21(28)26(22(19)29)17-8-10-18(11-9-17)32(24,30)31/h4-11,14,19H,3,12-13H2,1-2H3,(H2,24,30,31). The molecule has 0 bridgehead atoms. The average molecular weight is 478 g/mol. The number of amides is 3. The van der Waals surface area contributed by atoms with Crippen molar-refractivity contribution in [3.05, 3.63) is 59.1 Å². The quantitative estimate of drug-likeness (QED) is 0.614. The number of carbonyl (C=O) groups excluding carboxylic acids is 3. The molecule has 0 aliphatic carbocycles. The molecule has 170 valence electrons. The molecule has 0 saturated carbocycles. The lowest BCUT2D eigenvalue weighted by Crippen LogP contribution is -2.50. The van der Waals surface area contributed by atoms with E-state index in [-0.39, 0.29) is 35.4 Å². The van der Waals surface area contributed by atoms with Crippen molar-refractivity contribution < 1.29 is 22.8 Å². The van der Waals surface area contributed by atoms with Crippen LogP contribution in [0.15, 0.2) is 53.4 Å². The second kappa shape index (κ2) is 9.40. The van der Waals surface area contributed by atoms with Crippen molar-refractivity contribution in [3.8, 4) is 0 Å². The number of hydrogen-bond donors (Lipinski definition) is 1. The predicted molar refractivity (Wildman–Crippen MR) is 120 cm³/mol. The maximum atomic E-state index is 13.2. The van der Waals surface area contributed by atoms with Gasteiger partial charge in [0.25, 0.3) is 5.91 Å². The molecule has 3 rings (SSSR count). The summed E-state index contributed by atoms with van der Waals surface area (Å²) in [5.74, 6) is -1.25. The number of sulfonamides is 1. The number of anilines is 1. The predicted octanol–water partition coefficient (Wildman–Crippen LogP) is 2.49. The van der Waals surface area contributed by atoms with Gasteiger partial charge in [-0.1, -0.05) is 30.7 Å². The number of rotatable bonds is 7. The first kappa shape index (κ1) is 23.9. The Bertz CT molecular complexity index is 1130. The third-order valence-electron chi connectivity index (χ3n) is 5.50. The number of benzene rings is 2. The molecule has 1 aliphatic rings. The summed E-state index contributed by atoms with van der Waals surface area (Å²) < 4.78 is 22.9. The molecule has 8 nitrogen and oxygen atoms in total. The van der Waals surface area contributed by atoms with Crippen LogP contribution < -0.4 is 10.0 Å². The molecule has 0 spiro atoms. The SMILES string of the molecule is CCC(C)N(C(=O)Cc1ccc(Cl)cc1)C1CC(=O)N(c2ccc(S(N)(=O)=O)cc2)C1=O. The van der Waals surface area contributed by atoms with Crippen molar-refractivity contribution in [2.24, 2.45) is 5.14 Å². The fraction of sp³-hybridized carbons (Fsp3) is 0.318. The fourth-order valence-corrected chi connectivity index (χ4v) is 4.32. The van der Waals surface area contributed by atoms with E-state index in [9.17, 15) is 22.8 Å². The molecule has 2 N–H and O–H groups in total. The van der Waals surface area contributed by atoms with Crippen LogP contribution in [-0.4, -0.2) is 43.1 Å². The van der Waals surface area contributed by atoms with Gasteiger partial charge in [0, 0.05) is 11.1 Å². The molecule has 0 radical (unpaired) electrons. The highest BCUT2D eigenvalue weighted by atomic mass is 35.5. The van der Waals surface area contributed by atoms with E-state index in [1.165, 1.54) is 29.2 Å². The summed E-state index contributed by atoms with van der Waals surface area (Å²) >= 11 is 5.91. The van der Waals surface area contributed by atoms with Crippen molar-refractivity contribution in [2.75, 3.05) is 4.90 Å². The van der Waals surface area contributed by atoms with E-state index in [1.807, 2.05) is 13.8 Å². The van der Waals surface area contributed by atoms with Crippen LogP contribution in [0.2, 0.25) is 5.02 Å². The van der Waals surface area contributed by atoms with Crippen molar-refractivity contribution in [3.63, 3.8) is 0 Å². The van der Waals surface area contributed by atoms with E-state index in [1.54, 1.807) is 24.3 Å². The van der Waals surface area contributed by atoms with Crippen LogP contribution in [0.3, 0.4) is 0 Å². The molecule has 3 amide bonds. The molecule has 1 fully saturated rings. The fourth-order valence-electron chi connectivity index (χ4n) is 3.68. The highest BCUT2D eigenvalue weighted by Gasteiger charge is 2.45. The average Bonchev–Trinajstić information content (AvgIpc) is 3.02. The minimum absolute atomic E-state index is 0.0720. The largest absolute Gasteiger partial charge is 0.327 e. The number of hydrogen-bond acceptors (Lipinski definition) is 5. The van der Waals surface area contributed by atoms with Gasteiger partial charge in [-0.15, -0.1) is 0 Å². The van der Waals surface area contributed by atoms with E-state index in [2.05, 4.69) is 0 Å². The summed E-state index contributed by atoms with van der Waals surface area (Å²) in [4.78, 5) is 41.4. The summed E-state index contributed by atoms with van der Waals surface area (Å²) in [6.45, 7) is 3.74. The summed E-state index contributed by atoms with van der Waals surface area (Å²) in [7, 11) is -3.90. The molecule has 10 heteroatoms. The molecule has 2 aromatic carbocycles. The molecule has 0 aromatic heterocycles. The Hall–Kier alpha value is -2.75. The first-order chi connectivity index (χ1) is 15.0. The van der Waals surface area contributed by atoms with Gasteiger partial charge in [0.2, 0.25) is 21.8 Å². The number of carbonyl (C=O) groups is 3. The molecular weight excluding hydrogens is 454 g/mol. The molecule has 32 heavy (non-hydrogen) atoms. The zero-order valence-corrected chi connectivity index (χ0v) is 19.3. The lowest BCUT2D eigenvalue weighted by molar-refractivity contribution is -0.140. The number of nitrogens with two attached hydrogens (primary N) is 1. The van der Waals surface area contributed by atoms with Crippen molar-refractivity contribution >= 4 is 45.0 Å². The van der Waals surface area contributed by atoms with E-state index < -0.39 is 27.9 Å². The highest BCUT2D eigenvalue weighted by molar-refractivity contribution is 7.89. The van der Waals surface area contributed by atoms with E-state index in [4.69, 9.17) is 16.7 Å². The van der Waals surface area contributed by atoms with E-state index >= 15 is 0 Å². The Labute approximate surface area is 192 Å². The van der Waals surface area contributed by atoms with Gasteiger partial charge in [-0.3, -0.25) is 14.4 Å². The minimum Gasteiger partial charge on any atom is -0.327 e. The monoisotopic (exact) mass is 477 g/mol. The van der Waals surface area contributed by atoms with Gasteiger partial charge in [0.1, 0.15) is 6.04 Å². The summed E-state index contributed by atoms with van der Waals surface area (Å²) in [6.07, 6.45) is 0.530. The zero-order valence-electron chi connectivity index (χ0n) is 17.7. The van der Waals surface area contributed by atoms with Gasteiger partial charge >= 0.3 is 0 Å². The Morgan fingerprint density at radius 2 is 1.75 bits per heavy atom. The normalized spacial score (nSPS) is 17.5. The van der Waals surface area contributed by atoms with Crippen LogP contribution >= 0.6 is 11.6 Å². The van der Waals surface area contributed by atoms with Crippen LogP contribution in [0.4, 0.5) is 5.69 Å².